The molecule has 7 saturated carbocycles. The van der Waals surface area contributed by atoms with Gasteiger partial charge in [-0.05, 0) is 206 Å². The Balaban J connectivity index is -0.000000550. The maximum Gasteiger partial charge on any atom is 0.403 e. The second kappa shape index (κ2) is 42.6. The van der Waals surface area contributed by atoms with Crippen LogP contribution >= 0.6 is 0 Å². The van der Waals surface area contributed by atoms with Gasteiger partial charge in [0.15, 0.2) is 16.2 Å². The van der Waals surface area contributed by atoms with E-state index in [0.29, 0.717) is 50.2 Å². The van der Waals surface area contributed by atoms with Gasteiger partial charge in [0, 0.05) is 0 Å². The Hall–Kier alpha value is -1.26. The lowest BCUT2D eigenvalue weighted by Gasteiger charge is -2.49. The van der Waals surface area contributed by atoms with Gasteiger partial charge in [0.2, 0.25) is 0 Å². The van der Waals surface area contributed by atoms with E-state index in [-0.39, 0.29) is 49.9 Å². The predicted octanol–water partition coefficient (Wildman–Crippen LogP) is 35.0. The zero-order valence-corrected chi connectivity index (χ0v) is 72.6. The molecule has 7 aliphatic rings. The molecule has 0 radical (unpaired) electrons. The van der Waals surface area contributed by atoms with Crippen molar-refractivity contribution in [3.8, 4) is 0 Å². The SMILES string of the molecule is CC(C)(C)C.CC(C)C(C)(C)C.CC1CCC(C(F)(F)F)(C(F)(F)F)CC1.CC1CCC2(CC1)CCC(C(F)(F)F)(C(F)(F)F)CC2.CCC(C)(C)C.CCC(C)(CC)C(C)(C)C.CCC(CC)C(C)(C)C.CCCC(C)(C)C.C[C@@H]1CCCCC1(C(F)(F)F)C(F)(F)F.C[C@H]1CC2CCC1(C)CC2. The molecule has 0 nitrogen and oxygen atoms in total. The summed E-state index contributed by atoms with van der Waals surface area (Å²) in [4.78, 5) is 0. The summed E-state index contributed by atoms with van der Waals surface area (Å²) in [5, 5.41) is 0. The van der Waals surface area contributed by atoms with Crippen LogP contribution in [0.4, 0.5) is 79.0 Å². The lowest BCUT2D eigenvalue weighted by molar-refractivity contribution is -0.364. The van der Waals surface area contributed by atoms with Crippen molar-refractivity contribution in [2.75, 3.05) is 0 Å². The number of rotatable bonds is 5. The third kappa shape index (κ3) is 36.9. The minimum absolute atomic E-state index is 0.0106. The van der Waals surface area contributed by atoms with E-state index >= 15 is 0 Å². The number of hydrogen-bond donors (Lipinski definition) is 0. The average Bonchev–Trinajstić information content (AvgIpc) is 0.750. The Labute approximate surface area is 628 Å². The molecule has 0 aromatic carbocycles. The quantitative estimate of drug-likeness (QED) is 0.241. The van der Waals surface area contributed by atoms with Gasteiger partial charge in [-0.25, -0.2) is 0 Å². The fourth-order valence-electron chi connectivity index (χ4n) is 14.6. The van der Waals surface area contributed by atoms with Crippen molar-refractivity contribution in [3.63, 3.8) is 0 Å². The molecular formula is C86H162F18. The molecule has 18 heteroatoms. The molecule has 0 aliphatic heterocycles. The van der Waals surface area contributed by atoms with Crippen molar-refractivity contribution in [1.82, 2.24) is 0 Å². The molecule has 7 rings (SSSR count). The van der Waals surface area contributed by atoms with E-state index in [9.17, 15) is 79.0 Å². The van der Waals surface area contributed by atoms with Gasteiger partial charge in [-0.15, -0.1) is 0 Å². The Morgan fingerprint density at radius 1 is 0.356 bits per heavy atom. The van der Waals surface area contributed by atoms with Gasteiger partial charge in [0.1, 0.15) is 0 Å². The van der Waals surface area contributed by atoms with Crippen LogP contribution in [0.3, 0.4) is 0 Å². The number of hydrogen-bond acceptors (Lipinski definition) is 0. The molecule has 2 bridgehead atoms. The van der Waals surface area contributed by atoms with Crippen LogP contribution in [0.1, 0.15) is 408 Å². The van der Waals surface area contributed by atoms with E-state index in [4.69, 9.17) is 0 Å². The summed E-state index contributed by atoms with van der Waals surface area (Å²) in [6.45, 7) is 73.3. The second-order valence-corrected chi connectivity index (χ2v) is 41.0. The van der Waals surface area contributed by atoms with Gasteiger partial charge in [-0.1, -0.05) is 293 Å². The van der Waals surface area contributed by atoms with Gasteiger partial charge in [-0.2, -0.15) is 79.0 Å². The smallest absolute Gasteiger partial charge is 0.170 e. The molecule has 0 amide bonds. The molecule has 0 unspecified atom stereocenters. The van der Waals surface area contributed by atoms with Crippen LogP contribution in [0.2, 0.25) is 0 Å². The van der Waals surface area contributed by atoms with Crippen molar-refractivity contribution >= 4 is 0 Å². The van der Waals surface area contributed by atoms with E-state index in [1.807, 2.05) is 0 Å². The van der Waals surface area contributed by atoms with Crippen LogP contribution < -0.4 is 0 Å². The first-order valence-corrected chi connectivity index (χ1v) is 40.3. The average molecular weight is 1540 g/mol. The van der Waals surface area contributed by atoms with Gasteiger partial charge < -0.3 is 0 Å². The van der Waals surface area contributed by atoms with Crippen molar-refractivity contribution in [2.45, 2.75) is 445 Å². The molecule has 0 heterocycles. The third-order valence-electron chi connectivity index (χ3n) is 25.6. The molecule has 0 aromatic rings. The normalized spacial score (nSPS) is 23.3. The summed E-state index contributed by atoms with van der Waals surface area (Å²) >= 11 is 0. The topological polar surface area (TPSA) is 0 Å². The van der Waals surface area contributed by atoms with Gasteiger partial charge in [0.25, 0.3) is 0 Å². The molecule has 0 N–H and O–H groups in total. The summed E-state index contributed by atoms with van der Waals surface area (Å²) in [6.07, 6.45) is -14.6. The first-order valence-electron chi connectivity index (χ1n) is 40.3. The van der Waals surface area contributed by atoms with E-state index in [0.717, 1.165) is 61.7 Å². The van der Waals surface area contributed by atoms with E-state index < -0.39 is 91.3 Å². The lowest BCUT2D eigenvalue weighted by atomic mass is 9.57. The molecule has 0 saturated heterocycles. The maximum absolute atomic E-state index is 13.0. The summed E-state index contributed by atoms with van der Waals surface area (Å²) in [6, 6.07) is 0. The molecule has 0 aromatic heterocycles. The van der Waals surface area contributed by atoms with Gasteiger partial charge >= 0.3 is 37.1 Å². The van der Waals surface area contributed by atoms with E-state index in [1.54, 1.807) is 6.92 Å². The van der Waals surface area contributed by atoms with E-state index in [1.165, 1.54) is 77.0 Å². The summed E-state index contributed by atoms with van der Waals surface area (Å²) in [5.74, 6) is 2.92. The van der Waals surface area contributed by atoms with Crippen molar-refractivity contribution in [3.05, 3.63) is 0 Å². The molecule has 104 heavy (non-hydrogen) atoms. The van der Waals surface area contributed by atoms with Crippen LogP contribution in [0.25, 0.3) is 0 Å². The van der Waals surface area contributed by atoms with Crippen molar-refractivity contribution in [1.29, 1.82) is 0 Å². The second-order valence-electron chi connectivity index (χ2n) is 41.0. The standard InChI is InChI=1S/C14H20F6.C10H18.C10H22.2C9H12F6.C9H20.2C7H16.C6H14.C5H12/c1-10-2-4-11(5-3-10)6-8-12(9-7-11,13(15,16)17)14(18,19)20;1-8-7-9-3-5-10(8,2)6-4-9;1-7-10(6,8-2)9(3,4)5;1-6-2-4-7(5-3-6,8(10,11)12)9(13,14)15;1-6-4-2-3-5-7(6,8(10,11)12)9(13,14)15;1-6-8(7-2)9(3,4)5;1-6(2)7(3,4)5;1-5-6-7(2,3)4;1-5-6(2,3)4;1-5(2,3)4/h10H,2-9H2,1H3;8-9H,3-7H2,1-2H3;7-8H2,1-6H3;2*6H,2-5H2,1H3;8H,6-7H2,1-5H3;6H,1-5H3;5-6H2,1-4H3;5H2,1-4H3;1-4H3/t;8-,9?,10?;;;6-;;;;;/m.0..1...../s1. The molecule has 7 fully saturated rings. The lowest BCUT2D eigenvalue weighted by Crippen LogP contribution is -2.55. The molecule has 7 aliphatic carbocycles. The van der Waals surface area contributed by atoms with Crippen molar-refractivity contribution in [2.24, 2.45) is 106 Å². The minimum atomic E-state index is -5.20. The zero-order valence-electron chi connectivity index (χ0n) is 72.6. The highest BCUT2D eigenvalue weighted by atomic mass is 19.4. The molecule has 2 atom stereocenters. The fraction of sp³-hybridized carbons (Fsp3) is 1.00. The maximum atomic E-state index is 13.0. The van der Waals surface area contributed by atoms with Crippen LogP contribution in [-0.2, 0) is 0 Å². The number of halogens is 18. The molecule has 632 valence electrons. The first kappa shape index (κ1) is 109. The predicted molar refractivity (Wildman–Crippen MR) is 406 cm³/mol. The van der Waals surface area contributed by atoms with Crippen LogP contribution in [0.15, 0.2) is 0 Å². The van der Waals surface area contributed by atoms with Crippen LogP contribution in [0, 0.1) is 106 Å². The Bertz CT molecular complexity index is 2140. The van der Waals surface area contributed by atoms with Crippen molar-refractivity contribution < 1.29 is 79.0 Å². The Kier molecular flexibility index (Phi) is 44.6. The number of fused-ring (bicyclic) bond motifs is 3. The highest BCUT2D eigenvalue weighted by molar-refractivity contribution is 5.03. The number of alkyl halides is 18. The third-order valence-corrected chi connectivity index (χ3v) is 25.6. The first-order chi connectivity index (χ1) is 45.9. The molecule has 1 spiro atoms. The largest absolute Gasteiger partial charge is 0.403 e. The minimum Gasteiger partial charge on any atom is -0.170 e. The van der Waals surface area contributed by atoms with E-state index in [2.05, 4.69) is 215 Å². The van der Waals surface area contributed by atoms with Crippen LogP contribution in [0.5, 0.6) is 0 Å². The highest BCUT2D eigenvalue weighted by Gasteiger charge is 2.74. The van der Waals surface area contributed by atoms with Gasteiger partial charge in [-0.3, -0.25) is 0 Å². The highest BCUT2D eigenvalue weighted by Crippen LogP contribution is 2.65. The summed E-state index contributed by atoms with van der Waals surface area (Å²) < 4.78 is 229. The summed E-state index contributed by atoms with van der Waals surface area (Å²) in [7, 11) is 0. The Morgan fingerprint density at radius 2 is 0.673 bits per heavy atom. The summed E-state index contributed by atoms with van der Waals surface area (Å²) in [5.41, 5.74) is -6.37. The van der Waals surface area contributed by atoms with Crippen LogP contribution in [-0.4, -0.2) is 37.1 Å². The zero-order chi connectivity index (χ0) is 83.8. The van der Waals surface area contributed by atoms with Gasteiger partial charge in [0.05, 0.1) is 0 Å². The fourth-order valence-corrected chi connectivity index (χ4v) is 14.6. The monoisotopic (exact) mass is 1540 g/mol. The molecular weight excluding hydrogens is 1370 g/mol. The Morgan fingerprint density at radius 3 is 0.837 bits per heavy atom.